The summed E-state index contributed by atoms with van der Waals surface area (Å²) in [5.74, 6) is 0. The van der Waals surface area contributed by atoms with Crippen LogP contribution in [-0.2, 0) is 10.8 Å². The number of rotatable bonds is 4. The van der Waals surface area contributed by atoms with Crippen LogP contribution < -0.4 is 5.73 Å². The minimum absolute atomic E-state index is 0.120. The Labute approximate surface area is 105 Å². The van der Waals surface area contributed by atoms with Crippen molar-refractivity contribution in [3.05, 3.63) is 35.4 Å². The molecule has 3 N–H and O–H groups in total. The Balaban J connectivity index is 3.01. The van der Waals surface area contributed by atoms with E-state index < -0.39 is 0 Å². The molecule has 1 unspecified atom stereocenters. The molecule has 1 atom stereocenters. The van der Waals surface area contributed by atoms with E-state index in [2.05, 4.69) is 52.0 Å². The Bertz CT molecular complexity index is 350. The van der Waals surface area contributed by atoms with Crippen LogP contribution in [0.1, 0.15) is 45.2 Å². The molecule has 2 heteroatoms. The van der Waals surface area contributed by atoms with Crippen LogP contribution in [0.15, 0.2) is 24.3 Å². The first-order valence-corrected chi connectivity index (χ1v) is 6.25. The molecule has 96 valence electrons. The molecule has 2 nitrogen and oxygen atoms in total. The highest BCUT2D eigenvalue weighted by molar-refractivity contribution is 5.32. The Morgan fingerprint density at radius 1 is 1.00 bits per heavy atom. The van der Waals surface area contributed by atoms with E-state index in [1.165, 1.54) is 11.1 Å². The van der Waals surface area contributed by atoms with Gasteiger partial charge in [-0.15, -0.1) is 0 Å². The third kappa shape index (κ3) is 3.30. The molecule has 0 radical (unpaired) electrons. The molecule has 0 heterocycles. The average Bonchev–Trinajstić information content (AvgIpc) is 2.28. The lowest BCUT2D eigenvalue weighted by molar-refractivity contribution is 0.247. The van der Waals surface area contributed by atoms with Crippen LogP contribution in [-0.4, -0.2) is 18.3 Å². The third-order valence-electron chi connectivity index (χ3n) is 3.56. The lowest BCUT2D eigenvalue weighted by Crippen LogP contribution is -2.33. The molecular formula is C15H25NO. The lowest BCUT2D eigenvalue weighted by Gasteiger charge is -2.29. The molecule has 0 fully saturated rings. The summed E-state index contributed by atoms with van der Waals surface area (Å²) in [6.07, 6.45) is 0.707. The zero-order valence-corrected chi connectivity index (χ0v) is 11.5. The van der Waals surface area contributed by atoms with E-state index in [1.54, 1.807) is 0 Å². The second-order valence-corrected chi connectivity index (χ2v) is 6.07. The molecule has 0 aliphatic carbocycles. The maximum Gasteiger partial charge on any atom is 0.0439 e. The van der Waals surface area contributed by atoms with Crippen LogP contribution in [0.2, 0.25) is 0 Å². The average molecular weight is 235 g/mol. The molecule has 1 rings (SSSR count). The highest BCUT2D eigenvalue weighted by Gasteiger charge is 2.24. The van der Waals surface area contributed by atoms with Crippen LogP contribution in [0.3, 0.4) is 0 Å². The zero-order chi connectivity index (χ0) is 13.1. The molecule has 0 amide bonds. The smallest absolute Gasteiger partial charge is 0.0439 e. The molecule has 1 aromatic carbocycles. The second kappa shape index (κ2) is 5.19. The van der Waals surface area contributed by atoms with Gasteiger partial charge in [0.1, 0.15) is 0 Å². The zero-order valence-electron chi connectivity index (χ0n) is 11.5. The van der Waals surface area contributed by atoms with Crippen molar-refractivity contribution in [2.75, 3.05) is 13.2 Å². The van der Waals surface area contributed by atoms with Crippen molar-refractivity contribution in [2.24, 2.45) is 5.73 Å². The maximum absolute atomic E-state index is 9.12. The van der Waals surface area contributed by atoms with Gasteiger partial charge in [0.05, 0.1) is 0 Å². The molecule has 0 saturated heterocycles. The van der Waals surface area contributed by atoms with Crippen molar-refractivity contribution in [3.8, 4) is 0 Å². The van der Waals surface area contributed by atoms with E-state index in [-0.39, 0.29) is 17.4 Å². The highest BCUT2D eigenvalue weighted by Crippen LogP contribution is 2.29. The fraction of sp³-hybridized carbons (Fsp3) is 0.600. The number of hydrogen-bond donors (Lipinski definition) is 2. The molecule has 0 aliphatic heterocycles. The molecule has 0 aliphatic rings. The van der Waals surface area contributed by atoms with Gasteiger partial charge in [0.25, 0.3) is 0 Å². The summed E-state index contributed by atoms with van der Waals surface area (Å²) in [7, 11) is 0. The fourth-order valence-corrected chi connectivity index (χ4v) is 1.98. The third-order valence-corrected chi connectivity index (χ3v) is 3.56. The van der Waals surface area contributed by atoms with Crippen molar-refractivity contribution < 1.29 is 5.11 Å². The van der Waals surface area contributed by atoms with Crippen LogP contribution in [0.4, 0.5) is 0 Å². The van der Waals surface area contributed by atoms with Gasteiger partial charge < -0.3 is 10.8 Å². The molecular weight excluding hydrogens is 210 g/mol. The van der Waals surface area contributed by atoms with Gasteiger partial charge >= 0.3 is 0 Å². The van der Waals surface area contributed by atoms with Gasteiger partial charge in [-0.1, -0.05) is 52.0 Å². The SMILES string of the molecule is CC(C)(C)c1ccc(C(C)(CN)CCO)cc1. The largest absolute Gasteiger partial charge is 0.396 e. The summed E-state index contributed by atoms with van der Waals surface area (Å²) in [6.45, 7) is 9.46. The fourth-order valence-electron chi connectivity index (χ4n) is 1.98. The first-order chi connectivity index (χ1) is 7.83. The van der Waals surface area contributed by atoms with Crippen LogP contribution >= 0.6 is 0 Å². The number of aliphatic hydroxyl groups excluding tert-OH is 1. The van der Waals surface area contributed by atoms with Crippen LogP contribution in [0.25, 0.3) is 0 Å². The Hall–Kier alpha value is -0.860. The lowest BCUT2D eigenvalue weighted by atomic mass is 9.78. The van der Waals surface area contributed by atoms with E-state index in [0.717, 1.165) is 0 Å². The van der Waals surface area contributed by atoms with Crippen molar-refractivity contribution in [1.82, 2.24) is 0 Å². The molecule has 0 spiro atoms. The molecule has 0 bridgehead atoms. The molecule has 0 aromatic heterocycles. The topological polar surface area (TPSA) is 46.2 Å². The monoisotopic (exact) mass is 235 g/mol. The summed E-state index contributed by atoms with van der Waals surface area (Å²) in [4.78, 5) is 0. The predicted molar refractivity (Wildman–Crippen MR) is 73.3 cm³/mol. The van der Waals surface area contributed by atoms with Gasteiger partial charge in [0.15, 0.2) is 0 Å². The number of hydrogen-bond acceptors (Lipinski definition) is 2. The predicted octanol–water partition coefficient (Wildman–Crippen LogP) is 2.58. The Morgan fingerprint density at radius 3 is 1.82 bits per heavy atom. The summed E-state index contributed by atoms with van der Waals surface area (Å²) in [6, 6.07) is 8.62. The summed E-state index contributed by atoms with van der Waals surface area (Å²) in [5, 5.41) is 9.12. The van der Waals surface area contributed by atoms with Crippen LogP contribution in [0, 0.1) is 0 Å². The van der Waals surface area contributed by atoms with E-state index in [9.17, 15) is 0 Å². The number of nitrogens with two attached hydrogens (primary N) is 1. The molecule has 0 saturated carbocycles. The summed E-state index contributed by atoms with van der Waals surface area (Å²) >= 11 is 0. The van der Waals surface area contributed by atoms with Gasteiger partial charge in [-0.2, -0.15) is 0 Å². The van der Waals surface area contributed by atoms with Crippen LogP contribution in [0.5, 0.6) is 0 Å². The van der Waals surface area contributed by atoms with Crippen molar-refractivity contribution >= 4 is 0 Å². The Morgan fingerprint density at radius 2 is 1.47 bits per heavy atom. The van der Waals surface area contributed by atoms with E-state index in [1.807, 2.05) is 0 Å². The second-order valence-electron chi connectivity index (χ2n) is 6.07. The number of aliphatic hydroxyl groups is 1. The summed E-state index contributed by atoms with van der Waals surface area (Å²) in [5.41, 5.74) is 8.43. The normalized spacial score (nSPS) is 15.6. The first-order valence-electron chi connectivity index (χ1n) is 6.25. The standard InChI is InChI=1S/C15H25NO/c1-14(2,3)12-5-7-13(8-6-12)15(4,11-16)9-10-17/h5-8,17H,9-11,16H2,1-4H3. The number of benzene rings is 1. The van der Waals surface area contributed by atoms with E-state index in [4.69, 9.17) is 10.8 Å². The van der Waals surface area contributed by atoms with Crippen molar-refractivity contribution in [2.45, 2.75) is 44.9 Å². The summed E-state index contributed by atoms with van der Waals surface area (Å²) < 4.78 is 0. The van der Waals surface area contributed by atoms with Gasteiger partial charge in [0.2, 0.25) is 0 Å². The van der Waals surface area contributed by atoms with Crippen molar-refractivity contribution in [1.29, 1.82) is 0 Å². The van der Waals surface area contributed by atoms with Gasteiger partial charge in [-0.05, 0) is 23.0 Å². The van der Waals surface area contributed by atoms with E-state index in [0.29, 0.717) is 13.0 Å². The maximum atomic E-state index is 9.12. The van der Waals surface area contributed by atoms with Gasteiger partial charge in [-0.25, -0.2) is 0 Å². The molecule has 1 aromatic rings. The first kappa shape index (κ1) is 14.2. The minimum Gasteiger partial charge on any atom is -0.396 e. The molecule has 17 heavy (non-hydrogen) atoms. The van der Waals surface area contributed by atoms with E-state index >= 15 is 0 Å². The highest BCUT2D eigenvalue weighted by atomic mass is 16.3. The Kier molecular flexibility index (Phi) is 4.34. The van der Waals surface area contributed by atoms with Gasteiger partial charge in [-0.3, -0.25) is 0 Å². The van der Waals surface area contributed by atoms with Crippen molar-refractivity contribution in [3.63, 3.8) is 0 Å². The quantitative estimate of drug-likeness (QED) is 0.842. The minimum atomic E-state index is -0.120. The van der Waals surface area contributed by atoms with Gasteiger partial charge in [0, 0.05) is 18.6 Å².